The SMILES string of the molecule is c1ccc(CN2CCN(Cc3ccccc3)C(CCc3ccoc3)C2)cc1. The van der Waals surface area contributed by atoms with Gasteiger partial charge in [-0.05, 0) is 35.6 Å². The number of benzene rings is 2. The van der Waals surface area contributed by atoms with Crippen LogP contribution in [0.1, 0.15) is 23.1 Å². The van der Waals surface area contributed by atoms with E-state index in [0.717, 1.165) is 45.6 Å². The predicted octanol–water partition coefficient (Wildman–Crippen LogP) is 4.60. The minimum atomic E-state index is 0.567. The number of rotatable bonds is 7. The standard InChI is InChI=1S/C24H28N2O/c1-3-7-21(8-4-1)17-25-14-15-26(18-22-9-5-2-6-10-22)24(19-25)12-11-23-13-16-27-20-23/h1-10,13,16,20,24H,11-12,14-15,17-19H2. The lowest BCUT2D eigenvalue weighted by Crippen LogP contribution is -2.52. The van der Waals surface area contributed by atoms with E-state index in [2.05, 4.69) is 76.5 Å². The van der Waals surface area contributed by atoms with Crippen molar-refractivity contribution in [3.05, 3.63) is 95.9 Å². The van der Waals surface area contributed by atoms with Crippen molar-refractivity contribution < 1.29 is 4.42 Å². The minimum absolute atomic E-state index is 0.567. The lowest BCUT2D eigenvalue weighted by Gasteiger charge is -2.41. The number of hydrogen-bond donors (Lipinski definition) is 0. The van der Waals surface area contributed by atoms with Crippen molar-refractivity contribution >= 4 is 0 Å². The Bertz CT molecular complexity index is 786. The van der Waals surface area contributed by atoms with Crippen molar-refractivity contribution in [2.45, 2.75) is 32.0 Å². The maximum atomic E-state index is 5.25. The monoisotopic (exact) mass is 360 g/mol. The largest absolute Gasteiger partial charge is 0.472 e. The number of piperazine rings is 1. The van der Waals surface area contributed by atoms with E-state index in [9.17, 15) is 0 Å². The summed E-state index contributed by atoms with van der Waals surface area (Å²) in [6.07, 6.45) is 5.90. The van der Waals surface area contributed by atoms with Crippen LogP contribution in [0.15, 0.2) is 83.7 Å². The first kappa shape index (κ1) is 18.0. The molecular weight excluding hydrogens is 332 g/mol. The molecule has 1 atom stereocenters. The molecule has 1 aliphatic rings. The Morgan fingerprint density at radius 2 is 1.48 bits per heavy atom. The molecular formula is C24H28N2O. The van der Waals surface area contributed by atoms with Gasteiger partial charge in [0.05, 0.1) is 12.5 Å². The van der Waals surface area contributed by atoms with Crippen LogP contribution in [0.4, 0.5) is 0 Å². The molecule has 1 aliphatic heterocycles. The van der Waals surface area contributed by atoms with E-state index in [1.54, 1.807) is 6.26 Å². The summed E-state index contributed by atoms with van der Waals surface area (Å²) in [5.74, 6) is 0. The highest BCUT2D eigenvalue weighted by molar-refractivity contribution is 5.16. The van der Waals surface area contributed by atoms with Gasteiger partial charge in [0.25, 0.3) is 0 Å². The van der Waals surface area contributed by atoms with Gasteiger partial charge in [0.1, 0.15) is 0 Å². The molecule has 4 rings (SSSR count). The molecule has 140 valence electrons. The van der Waals surface area contributed by atoms with Crippen LogP contribution in [0.3, 0.4) is 0 Å². The fourth-order valence-electron chi connectivity index (χ4n) is 4.01. The average molecular weight is 361 g/mol. The van der Waals surface area contributed by atoms with E-state index in [0.29, 0.717) is 6.04 Å². The molecule has 3 nitrogen and oxygen atoms in total. The van der Waals surface area contributed by atoms with Crippen molar-refractivity contribution in [3.63, 3.8) is 0 Å². The second kappa shape index (κ2) is 9.03. The molecule has 2 aromatic carbocycles. The Morgan fingerprint density at radius 3 is 2.15 bits per heavy atom. The van der Waals surface area contributed by atoms with E-state index in [1.165, 1.54) is 16.7 Å². The molecule has 1 saturated heterocycles. The van der Waals surface area contributed by atoms with E-state index < -0.39 is 0 Å². The van der Waals surface area contributed by atoms with Gasteiger partial charge in [-0.2, -0.15) is 0 Å². The number of hydrogen-bond acceptors (Lipinski definition) is 3. The third kappa shape index (κ3) is 5.09. The second-order valence-electron chi connectivity index (χ2n) is 7.50. The van der Waals surface area contributed by atoms with Crippen molar-refractivity contribution in [3.8, 4) is 0 Å². The van der Waals surface area contributed by atoms with Crippen LogP contribution < -0.4 is 0 Å². The quantitative estimate of drug-likeness (QED) is 0.614. The van der Waals surface area contributed by atoms with Crippen molar-refractivity contribution in [1.82, 2.24) is 9.80 Å². The molecule has 1 aromatic heterocycles. The van der Waals surface area contributed by atoms with E-state index in [4.69, 9.17) is 4.42 Å². The number of nitrogens with zero attached hydrogens (tertiary/aromatic N) is 2. The first-order valence-electron chi connectivity index (χ1n) is 9.92. The molecule has 1 fully saturated rings. The molecule has 2 heterocycles. The van der Waals surface area contributed by atoms with E-state index >= 15 is 0 Å². The lowest BCUT2D eigenvalue weighted by molar-refractivity contribution is 0.0597. The maximum Gasteiger partial charge on any atom is 0.0934 e. The Balaban J connectivity index is 1.42. The highest BCUT2D eigenvalue weighted by atomic mass is 16.3. The van der Waals surface area contributed by atoms with Crippen LogP contribution in [0.25, 0.3) is 0 Å². The van der Waals surface area contributed by atoms with Gasteiger partial charge in [-0.3, -0.25) is 9.80 Å². The summed E-state index contributed by atoms with van der Waals surface area (Å²) in [5.41, 5.74) is 4.11. The normalized spacial score (nSPS) is 18.6. The zero-order valence-electron chi connectivity index (χ0n) is 15.8. The summed E-state index contributed by atoms with van der Waals surface area (Å²) in [6.45, 7) is 5.46. The first-order chi connectivity index (χ1) is 13.4. The molecule has 0 bridgehead atoms. The Kier molecular flexibility index (Phi) is 6.03. The van der Waals surface area contributed by atoms with Crippen LogP contribution in [-0.2, 0) is 19.5 Å². The molecule has 0 aliphatic carbocycles. The summed E-state index contributed by atoms with van der Waals surface area (Å²) in [6, 6.07) is 24.3. The molecule has 1 unspecified atom stereocenters. The average Bonchev–Trinajstić information content (AvgIpc) is 3.23. The molecule has 3 heteroatoms. The van der Waals surface area contributed by atoms with Gasteiger partial charge in [0.2, 0.25) is 0 Å². The summed E-state index contributed by atoms with van der Waals surface area (Å²) >= 11 is 0. The molecule has 27 heavy (non-hydrogen) atoms. The van der Waals surface area contributed by atoms with Crippen LogP contribution in [0.5, 0.6) is 0 Å². The predicted molar refractivity (Wildman–Crippen MR) is 109 cm³/mol. The highest BCUT2D eigenvalue weighted by Crippen LogP contribution is 2.20. The molecule has 0 amide bonds. The van der Waals surface area contributed by atoms with Gasteiger partial charge >= 0.3 is 0 Å². The molecule has 0 N–H and O–H groups in total. The van der Waals surface area contributed by atoms with Crippen molar-refractivity contribution in [2.75, 3.05) is 19.6 Å². The summed E-state index contributed by atoms with van der Waals surface area (Å²) < 4.78 is 5.25. The Hall–Kier alpha value is -2.36. The van der Waals surface area contributed by atoms with Crippen LogP contribution in [0, 0.1) is 0 Å². The summed E-state index contributed by atoms with van der Waals surface area (Å²) in [5, 5.41) is 0. The van der Waals surface area contributed by atoms with Gasteiger partial charge in [-0.1, -0.05) is 60.7 Å². The maximum absolute atomic E-state index is 5.25. The third-order valence-corrected chi connectivity index (χ3v) is 5.51. The smallest absolute Gasteiger partial charge is 0.0934 e. The van der Waals surface area contributed by atoms with E-state index in [-0.39, 0.29) is 0 Å². The first-order valence-corrected chi connectivity index (χ1v) is 9.92. The molecule has 0 radical (unpaired) electrons. The number of furan rings is 1. The summed E-state index contributed by atoms with van der Waals surface area (Å²) in [7, 11) is 0. The second-order valence-corrected chi connectivity index (χ2v) is 7.50. The van der Waals surface area contributed by atoms with Gasteiger partial charge in [-0.25, -0.2) is 0 Å². The highest BCUT2D eigenvalue weighted by Gasteiger charge is 2.26. The summed E-state index contributed by atoms with van der Waals surface area (Å²) in [4.78, 5) is 5.27. The van der Waals surface area contributed by atoms with Crippen molar-refractivity contribution in [1.29, 1.82) is 0 Å². The van der Waals surface area contributed by atoms with Crippen molar-refractivity contribution in [2.24, 2.45) is 0 Å². The van der Waals surface area contributed by atoms with Gasteiger partial charge < -0.3 is 4.42 Å². The fourth-order valence-corrected chi connectivity index (χ4v) is 4.01. The Morgan fingerprint density at radius 1 is 0.778 bits per heavy atom. The van der Waals surface area contributed by atoms with Gasteiger partial charge in [0, 0.05) is 38.8 Å². The molecule has 0 saturated carbocycles. The zero-order chi connectivity index (χ0) is 18.3. The van der Waals surface area contributed by atoms with E-state index in [1.807, 2.05) is 6.26 Å². The Labute approximate surface area is 162 Å². The fraction of sp³-hybridized carbons (Fsp3) is 0.333. The molecule has 3 aromatic rings. The third-order valence-electron chi connectivity index (χ3n) is 5.51. The van der Waals surface area contributed by atoms with Gasteiger partial charge in [-0.15, -0.1) is 0 Å². The lowest BCUT2D eigenvalue weighted by atomic mass is 10.0. The topological polar surface area (TPSA) is 19.6 Å². The van der Waals surface area contributed by atoms with Gasteiger partial charge in [0.15, 0.2) is 0 Å². The van der Waals surface area contributed by atoms with Crippen LogP contribution in [-0.4, -0.2) is 35.5 Å². The number of aryl methyl sites for hydroxylation is 1. The van der Waals surface area contributed by atoms with Crippen LogP contribution in [0.2, 0.25) is 0 Å². The zero-order valence-corrected chi connectivity index (χ0v) is 15.8. The molecule has 0 spiro atoms. The van der Waals surface area contributed by atoms with Crippen LogP contribution >= 0.6 is 0 Å². The minimum Gasteiger partial charge on any atom is -0.472 e.